The van der Waals surface area contributed by atoms with Gasteiger partial charge in [-0.2, -0.15) is 5.26 Å². The van der Waals surface area contributed by atoms with Crippen molar-refractivity contribution in [3.8, 4) is 6.07 Å². The van der Waals surface area contributed by atoms with Gasteiger partial charge < -0.3 is 4.74 Å². The Morgan fingerprint density at radius 2 is 2.43 bits per heavy atom. The van der Waals surface area contributed by atoms with E-state index in [2.05, 4.69) is 13.0 Å². The van der Waals surface area contributed by atoms with Gasteiger partial charge in [-0.15, -0.1) is 0 Å². The average Bonchev–Trinajstić information content (AvgIpc) is 2.27. The largest absolute Gasteiger partial charge is 0.373 e. The zero-order valence-electron chi connectivity index (χ0n) is 8.29. The minimum atomic E-state index is 0.228. The summed E-state index contributed by atoms with van der Waals surface area (Å²) >= 11 is 0. The molecule has 2 heteroatoms. The van der Waals surface area contributed by atoms with Crippen LogP contribution in [0.5, 0.6) is 0 Å². The van der Waals surface area contributed by atoms with E-state index >= 15 is 0 Å². The maximum absolute atomic E-state index is 8.78. The van der Waals surface area contributed by atoms with E-state index in [4.69, 9.17) is 10.00 Å². The molecule has 0 saturated heterocycles. The molecule has 2 rings (SSSR count). The summed E-state index contributed by atoms with van der Waals surface area (Å²) in [7, 11) is 0. The number of fused-ring (bicyclic) bond motifs is 1. The second-order valence-electron chi connectivity index (χ2n) is 3.54. The van der Waals surface area contributed by atoms with Crippen molar-refractivity contribution < 1.29 is 4.74 Å². The standard InChI is InChI=1S/C12H13NO/c1-2-12-11-4-3-9(8-13)7-10(11)5-6-14-12/h3-4,7,12H,2,5-6H2,1H3. The van der Waals surface area contributed by atoms with Gasteiger partial charge in [0.2, 0.25) is 0 Å². The van der Waals surface area contributed by atoms with Gasteiger partial charge in [0.15, 0.2) is 0 Å². The van der Waals surface area contributed by atoms with Crippen LogP contribution in [-0.2, 0) is 11.2 Å². The van der Waals surface area contributed by atoms with E-state index in [0.29, 0.717) is 0 Å². The normalized spacial score (nSPS) is 19.9. The highest BCUT2D eigenvalue weighted by Gasteiger charge is 2.18. The molecule has 1 atom stereocenters. The minimum Gasteiger partial charge on any atom is -0.373 e. The van der Waals surface area contributed by atoms with Crippen molar-refractivity contribution in [3.63, 3.8) is 0 Å². The highest BCUT2D eigenvalue weighted by molar-refractivity contribution is 5.40. The summed E-state index contributed by atoms with van der Waals surface area (Å²) in [5.74, 6) is 0. The monoisotopic (exact) mass is 187 g/mol. The molecule has 0 radical (unpaired) electrons. The molecule has 1 heterocycles. The molecular formula is C12H13NO. The first-order valence-electron chi connectivity index (χ1n) is 4.99. The van der Waals surface area contributed by atoms with Crippen LogP contribution in [0.15, 0.2) is 18.2 Å². The van der Waals surface area contributed by atoms with E-state index in [0.717, 1.165) is 25.0 Å². The Bertz CT molecular complexity index is 378. The lowest BCUT2D eigenvalue weighted by Gasteiger charge is -2.25. The van der Waals surface area contributed by atoms with Gasteiger partial charge in [0.05, 0.1) is 24.3 Å². The fraction of sp³-hybridized carbons (Fsp3) is 0.417. The quantitative estimate of drug-likeness (QED) is 0.677. The van der Waals surface area contributed by atoms with Gasteiger partial charge in [0, 0.05) is 0 Å². The Morgan fingerprint density at radius 1 is 1.57 bits per heavy atom. The van der Waals surface area contributed by atoms with Gasteiger partial charge in [-0.1, -0.05) is 13.0 Å². The zero-order valence-corrected chi connectivity index (χ0v) is 8.29. The number of benzene rings is 1. The summed E-state index contributed by atoms with van der Waals surface area (Å²) < 4.78 is 5.64. The number of hydrogen-bond acceptors (Lipinski definition) is 2. The van der Waals surface area contributed by atoms with Crippen molar-refractivity contribution in [1.29, 1.82) is 5.26 Å². The van der Waals surface area contributed by atoms with Crippen LogP contribution < -0.4 is 0 Å². The molecular weight excluding hydrogens is 174 g/mol. The van der Waals surface area contributed by atoms with Crippen LogP contribution in [0.4, 0.5) is 0 Å². The molecule has 0 aromatic heterocycles. The molecule has 0 spiro atoms. The van der Waals surface area contributed by atoms with Crippen LogP contribution in [0, 0.1) is 11.3 Å². The van der Waals surface area contributed by atoms with E-state index in [1.165, 1.54) is 11.1 Å². The first kappa shape index (κ1) is 9.23. The van der Waals surface area contributed by atoms with Gasteiger partial charge in [-0.3, -0.25) is 0 Å². The first-order valence-corrected chi connectivity index (χ1v) is 4.99. The molecule has 1 aromatic carbocycles. The van der Waals surface area contributed by atoms with Crippen LogP contribution in [-0.4, -0.2) is 6.61 Å². The fourth-order valence-electron chi connectivity index (χ4n) is 1.94. The zero-order chi connectivity index (χ0) is 9.97. The van der Waals surface area contributed by atoms with Crippen LogP contribution in [0.1, 0.15) is 36.1 Å². The SMILES string of the molecule is CCC1OCCc2cc(C#N)ccc21. The molecule has 0 aliphatic carbocycles. The number of rotatable bonds is 1. The fourth-order valence-corrected chi connectivity index (χ4v) is 1.94. The summed E-state index contributed by atoms with van der Waals surface area (Å²) in [5, 5.41) is 8.78. The smallest absolute Gasteiger partial charge is 0.0991 e. The van der Waals surface area contributed by atoms with Crippen molar-refractivity contribution in [3.05, 3.63) is 34.9 Å². The number of ether oxygens (including phenoxy) is 1. The minimum absolute atomic E-state index is 0.228. The second kappa shape index (κ2) is 3.81. The highest BCUT2D eigenvalue weighted by Crippen LogP contribution is 2.29. The maximum atomic E-state index is 8.78. The Hall–Kier alpha value is -1.33. The van der Waals surface area contributed by atoms with E-state index in [-0.39, 0.29) is 6.10 Å². The summed E-state index contributed by atoms with van der Waals surface area (Å²) in [6, 6.07) is 8.06. The van der Waals surface area contributed by atoms with Gasteiger partial charge >= 0.3 is 0 Å². The Labute approximate surface area is 84.1 Å². The van der Waals surface area contributed by atoms with Crippen molar-refractivity contribution in [2.45, 2.75) is 25.9 Å². The van der Waals surface area contributed by atoms with E-state index in [9.17, 15) is 0 Å². The molecule has 1 unspecified atom stereocenters. The van der Waals surface area contributed by atoms with Crippen molar-refractivity contribution >= 4 is 0 Å². The van der Waals surface area contributed by atoms with Crippen LogP contribution in [0.3, 0.4) is 0 Å². The third-order valence-corrected chi connectivity index (χ3v) is 2.68. The van der Waals surface area contributed by atoms with Crippen molar-refractivity contribution in [2.24, 2.45) is 0 Å². The molecule has 0 fully saturated rings. The van der Waals surface area contributed by atoms with Gasteiger partial charge in [0.25, 0.3) is 0 Å². The van der Waals surface area contributed by atoms with Gasteiger partial charge in [-0.05, 0) is 36.1 Å². The average molecular weight is 187 g/mol. The molecule has 0 bridgehead atoms. The second-order valence-corrected chi connectivity index (χ2v) is 3.54. The summed E-state index contributed by atoms with van der Waals surface area (Å²) in [5.41, 5.74) is 3.29. The summed E-state index contributed by atoms with van der Waals surface area (Å²) in [4.78, 5) is 0. The van der Waals surface area contributed by atoms with Crippen LogP contribution >= 0.6 is 0 Å². The highest BCUT2D eigenvalue weighted by atomic mass is 16.5. The van der Waals surface area contributed by atoms with Crippen molar-refractivity contribution in [2.75, 3.05) is 6.61 Å². The molecule has 72 valence electrons. The van der Waals surface area contributed by atoms with Crippen molar-refractivity contribution in [1.82, 2.24) is 0 Å². The predicted molar refractivity (Wildman–Crippen MR) is 53.8 cm³/mol. The van der Waals surface area contributed by atoms with E-state index in [1.54, 1.807) is 0 Å². The lowest BCUT2D eigenvalue weighted by molar-refractivity contribution is 0.0399. The molecule has 0 amide bonds. The Balaban J connectivity index is 2.42. The molecule has 2 nitrogen and oxygen atoms in total. The lowest BCUT2D eigenvalue weighted by Crippen LogP contribution is -2.15. The number of nitrogens with zero attached hydrogens (tertiary/aromatic N) is 1. The topological polar surface area (TPSA) is 33.0 Å². The summed E-state index contributed by atoms with van der Waals surface area (Å²) in [6.07, 6.45) is 2.16. The lowest BCUT2D eigenvalue weighted by atomic mass is 9.94. The first-order chi connectivity index (χ1) is 6.85. The van der Waals surface area contributed by atoms with Gasteiger partial charge in [-0.25, -0.2) is 0 Å². The molecule has 1 aromatic rings. The molecule has 0 N–H and O–H groups in total. The van der Waals surface area contributed by atoms with Crippen LogP contribution in [0.2, 0.25) is 0 Å². The van der Waals surface area contributed by atoms with E-state index < -0.39 is 0 Å². The molecule has 1 aliphatic heterocycles. The predicted octanol–water partition coefficient (Wildman–Crippen LogP) is 2.58. The Morgan fingerprint density at radius 3 is 3.14 bits per heavy atom. The van der Waals surface area contributed by atoms with Crippen LogP contribution in [0.25, 0.3) is 0 Å². The van der Waals surface area contributed by atoms with E-state index in [1.807, 2.05) is 18.2 Å². The molecule has 0 saturated carbocycles. The summed E-state index contributed by atoms with van der Waals surface area (Å²) in [6.45, 7) is 2.90. The third kappa shape index (κ3) is 1.51. The number of nitriles is 1. The molecule has 14 heavy (non-hydrogen) atoms. The molecule has 1 aliphatic rings. The number of hydrogen-bond donors (Lipinski definition) is 0. The Kier molecular flexibility index (Phi) is 2.51. The third-order valence-electron chi connectivity index (χ3n) is 2.68. The maximum Gasteiger partial charge on any atom is 0.0991 e. The van der Waals surface area contributed by atoms with Gasteiger partial charge in [0.1, 0.15) is 0 Å².